The molecule has 2 rings (SSSR count). The summed E-state index contributed by atoms with van der Waals surface area (Å²) in [5.41, 5.74) is 5.55. The average molecular weight is 270 g/mol. The van der Waals surface area contributed by atoms with Crippen molar-refractivity contribution in [3.05, 3.63) is 11.2 Å². The van der Waals surface area contributed by atoms with Gasteiger partial charge in [-0.25, -0.2) is 4.98 Å². The molecule has 1 atom stereocenters. The second-order valence-electron chi connectivity index (χ2n) is 4.75. The Balaban J connectivity index is 1.88. The third-order valence-corrected chi connectivity index (χ3v) is 3.62. The lowest BCUT2D eigenvalue weighted by atomic mass is 10.1. The fourth-order valence-corrected chi connectivity index (χ4v) is 2.40. The van der Waals surface area contributed by atoms with E-state index in [1.165, 1.54) is 38.5 Å². The lowest BCUT2D eigenvalue weighted by Gasteiger charge is -2.32. The Hall–Kier alpha value is -1.07. The number of nitrogens with zero attached hydrogens (tertiary/aromatic N) is 3. The number of rotatable bonds is 4. The molecule has 0 saturated carbocycles. The van der Waals surface area contributed by atoms with E-state index in [0.29, 0.717) is 16.9 Å². The Bertz CT molecular complexity index is 392. The summed E-state index contributed by atoms with van der Waals surface area (Å²) in [6, 6.07) is 0.470. The molecule has 1 fully saturated rings. The van der Waals surface area contributed by atoms with Gasteiger partial charge >= 0.3 is 0 Å². The number of hydrogen-bond donors (Lipinski definition) is 2. The molecule has 100 valence electrons. The minimum atomic E-state index is 0.243. The van der Waals surface area contributed by atoms with Gasteiger partial charge in [0.25, 0.3) is 0 Å². The number of hydrogen-bond acceptors (Lipinski definition) is 5. The van der Waals surface area contributed by atoms with Crippen LogP contribution < -0.4 is 11.1 Å². The Morgan fingerprint density at radius 1 is 1.44 bits per heavy atom. The van der Waals surface area contributed by atoms with Crippen molar-refractivity contribution in [3.63, 3.8) is 0 Å². The standard InChI is InChI=1S/C12H20ClN5/c1-9(18-5-3-2-4-6-18)7-15-11-10(13)8-16-12(14)17-11/h8-9H,2-7H2,1H3,(H3,14,15,16,17). The third kappa shape index (κ3) is 3.46. The molecule has 1 aromatic heterocycles. The van der Waals surface area contributed by atoms with Crippen LogP contribution in [0.2, 0.25) is 5.02 Å². The van der Waals surface area contributed by atoms with Gasteiger partial charge < -0.3 is 11.1 Å². The predicted molar refractivity (Wildman–Crippen MR) is 74.8 cm³/mol. The zero-order valence-corrected chi connectivity index (χ0v) is 11.5. The van der Waals surface area contributed by atoms with Crippen molar-refractivity contribution in [2.75, 3.05) is 30.7 Å². The van der Waals surface area contributed by atoms with Crippen LogP contribution in [-0.4, -0.2) is 40.5 Å². The maximum absolute atomic E-state index is 6.01. The van der Waals surface area contributed by atoms with Gasteiger partial charge in [-0.3, -0.25) is 4.90 Å². The highest BCUT2D eigenvalue weighted by atomic mass is 35.5. The third-order valence-electron chi connectivity index (χ3n) is 3.34. The van der Waals surface area contributed by atoms with Crippen LogP contribution >= 0.6 is 11.6 Å². The van der Waals surface area contributed by atoms with Crippen LogP contribution in [0.15, 0.2) is 6.20 Å². The lowest BCUT2D eigenvalue weighted by Crippen LogP contribution is -2.41. The molecule has 1 aliphatic rings. The fourth-order valence-electron chi connectivity index (χ4n) is 2.24. The summed E-state index contributed by atoms with van der Waals surface area (Å²) in [5, 5.41) is 3.76. The molecule has 0 bridgehead atoms. The Labute approximate surface area is 113 Å². The van der Waals surface area contributed by atoms with Crippen LogP contribution in [0.3, 0.4) is 0 Å². The van der Waals surface area contributed by atoms with Crippen LogP contribution in [0.4, 0.5) is 11.8 Å². The summed E-state index contributed by atoms with van der Waals surface area (Å²) in [7, 11) is 0. The van der Waals surface area contributed by atoms with Crippen LogP contribution in [-0.2, 0) is 0 Å². The highest BCUT2D eigenvalue weighted by Crippen LogP contribution is 2.19. The molecule has 6 heteroatoms. The second-order valence-corrected chi connectivity index (χ2v) is 5.16. The van der Waals surface area contributed by atoms with Gasteiger partial charge in [0, 0.05) is 12.6 Å². The van der Waals surface area contributed by atoms with E-state index in [9.17, 15) is 0 Å². The van der Waals surface area contributed by atoms with Crippen molar-refractivity contribution in [2.24, 2.45) is 0 Å². The second kappa shape index (κ2) is 6.20. The summed E-state index contributed by atoms with van der Waals surface area (Å²) in [6.45, 7) is 5.40. The van der Waals surface area contributed by atoms with Crippen molar-refractivity contribution >= 4 is 23.4 Å². The molecule has 0 aromatic carbocycles. The molecule has 0 amide bonds. The first-order chi connectivity index (χ1) is 8.66. The lowest BCUT2D eigenvalue weighted by molar-refractivity contribution is 0.180. The SMILES string of the molecule is CC(CNc1nc(N)ncc1Cl)N1CCCCC1. The maximum atomic E-state index is 6.01. The van der Waals surface area contributed by atoms with Crippen LogP contribution in [0.5, 0.6) is 0 Å². The van der Waals surface area contributed by atoms with Gasteiger partial charge in [0.15, 0.2) is 5.82 Å². The number of nitrogens with one attached hydrogen (secondary N) is 1. The molecule has 0 radical (unpaired) electrons. The van der Waals surface area contributed by atoms with Gasteiger partial charge in [0.05, 0.1) is 6.20 Å². The van der Waals surface area contributed by atoms with Crippen molar-refractivity contribution in [1.29, 1.82) is 0 Å². The van der Waals surface area contributed by atoms with Gasteiger partial charge in [-0.1, -0.05) is 18.0 Å². The van der Waals surface area contributed by atoms with E-state index in [0.717, 1.165) is 6.54 Å². The smallest absolute Gasteiger partial charge is 0.222 e. The number of nitrogen functional groups attached to an aromatic ring is 1. The molecule has 0 spiro atoms. The van der Waals surface area contributed by atoms with Crippen molar-refractivity contribution in [2.45, 2.75) is 32.2 Å². The summed E-state index contributed by atoms with van der Waals surface area (Å²) in [5.74, 6) is 0.862. The van der Waals surface area contributed by atoms with Gasteiger partial charge in [-0.05, 0) is 32.9 Å². The molecule has 0 aliphatic carbocycles. The molecule has 1 aliphatic heterocycles. The Morgan fingerprint density at radius 2 is 2.17 bits per heavy atom. The number of likely N-dealkylation sites (tertiary alicyclic amines) is 1. The molecule has 5 nitrogen and oxygen atoms in total. The van der Waals surface area contributed by atoms with Crippen LogP contribution in [0.25, 0.3) is 0 Å². The molecular weight excluding hydrogens is 250 g/mol. The molecule has 3 N–H and O–H groups in total. The summed E-state index contributed by atoms with van der Waals surface area (Å²) >= 11 is 6.01. The van der Waals surface area contributed by atoms with Crippen molar-refractivity contribution in [1.82, 2.24) is 14.9 Å². The van der Waals surface area contributed by atoms with Crippen LogP contribution in [0, 0.1) is 0 Å². The largest absolute Gasteiger partial charge is 0.368 e. The number of halogens is 1. The van der Waals surface area contributed by atoms with Gasteiger partial charge in [0.2, 0.25) is 5.95 Å². The van der Waals surface area contributed by atoms with Crippen molar-refractivity contribution in [3.8, 4) is 0 Å². The topological polar surface area (TPSA) is 67.1 Å². The molecule has 1 unspecified atom stereocenters. The summed E-state index contributed by atoms with van der Waals surface area (Å²) < 4.78 is 0. The first-order valence-corrected chi connectivity index (χ1v) is 6.80. The maximum Gasteiger partial charge on any atom is 0.222 e. The first kappa shape index (κ1) is 13.4. The predicted octanol–water partition coefficient (Wildman–Crippen LogP) is 2.00. The van der Waals surface area contributed by atoms with E-state index in [2.05, 4.69) is 27.1 Å². The van der Waals surface area contributed by atoms with E-state index < -0.39 is 0 Å². The molecule has 18 heavy (non-hydrogen) atoms. The fraction of sp³-hybridized carbons (Fsp3) is 0.667. The van der Waals surface area contributed by atoms with Gasteiger partial charge in [-0.2, -0.15) is 4.98 Å². The normalized spacial score (nSPS) is 18.6. The Morgan fingerprint density at radius 3 is 2.89 bits per heavy atom. The van der Waals surface area contributed by atoms with Gasteiger partial charge in [0.1, 0.15) is 5.02 Å². The Kier molecular flexibility index (Phi) is 4.60. The zero-order chi connectivity index (χ0) is 13.0. The van der Waals surface area contributed by atoms with E-state index in [1.54, 1.807) is 0 Å². The number of nitrogens with two attached hydrogens (primary N) is 1. The zero-order valence-electron chi connectivity index (χ0n) is 10.7. The molecule has 1 aromatic rings. The number of aromatic nitrogens is 2. The summed E-state index contributed by atoms with van der Waals surface area (Å²) in [4.78, 5) is 10.4. The quantitative estimate of drug-likeness (QED) is 0.875. The minimum Gasteiger partial charge on any atom is -0.368 e. The molecule has 1 saturated heterocycles. The first-order valence-electron chi connectivity index (χ1n) is 6.43. The number of piperidine rings is 1. The van der Waals surface area contributed by atoms with Crippen LogP contribution in [0.1, 0.15) is 26.2 Å². The van der Waals surface area contributed by atoms with E-state index in [4.69, 9.17) is 17.3 Å². The van der Waals surface area contributed by atoms with Gasteiger partial charge in [-0.15, -0.1) is 0 Å². The van der Waals surface area contributed by atoms with E-state index in [-0.39, 0.29) is 5.95 Å². The van der Waals surface area contributed by atoms with Crippen molar-refractivity contribution < 1.29 is 0 Å². The highest BCUT2D eigenvalue weighted by molar-refractivity contribution is 6.32. The highest BCUT2D eigenvalue weighted by Gasteiger charge is 2.16. The average Bonchev–Trinajstić information content (AvgIpc) is 2.40. The van der Waals surface area contributed by atoms with E-state index >= 15 is 0 Å². The van der Waals surface area contributed by atoms with E-state index in [1.807, 2.05) is 0 Å². The monoisotopic (exact) mass is 269 g/mol. The number of anilines is 2. The molecular formula is C12H20ClN5. The molecule has 2 heterocycles. The summed E-state index contributed by atoms with van der Waals surface area (Å²) in [6.07, 6.45) is 5.47. The minimum absolute atomic E-state index is 0.243.